The maximum absolute atomic E-state index is 11.0. The van der Waals surface area contributed by atoms with Crippen molar-refractivity contribution >= 4 is 16.3 Å². The second-order valence-electron chi connectivity index (χ2n) is 7.69. The smallest absolute Gasteiger partial charge is 0.230 e. The molecule has 1 atom stereocenters. The number of aromatic hydroxyl groups is 1. The van der Waals surface area contributed by atoms with Crippen molar-refractivity contribution in [3.8, 4) is 11.6 Å². The van der Waals surface area contributed by atoms with Gasteiger partial charge in [-0.25, -0.2) is 4.98 Å². The first kappa shape index (κ1) is 19.7. The van der Waals surface area contributed by atoms with E-state index in [-0.39, 0.29) is 11.9 Å². The molecule has 2 aliphatic heterocycles. The highest BCUT2D eigenvalue weighted by Gasteiger charge is 2.42. The van der Waals surface area contributed by atoms with Gasteiger partial charge < -0.3 is 19.3 Å². The normalized spacial score (nSPS) is 20.2. The number of likely N-dealkylation sites (tertiary alicyclic amines) is 1. The van der Waals surface area contributed by atoms with Crippen molar-refractivity contribution in [2.75, 3.05) is 32.9 Å². The summed E-state index contributed by atoms with van der Waals surface area (Å²) in [7, 11) is 0. The Hall–Kier alpha value is -2.20. The van der Waals surface area contributed by atoms with E-state index in [1.165, 1.54) is 15.9 Å². The third-order valence-corrected chi connectivity index (χ3v) is 6.87. The standard InChI is InChI=1S/C21H26N4O4S/c1-3-27-16-6-4-15(5-7-16)17(18-19(26)25-20(30-18)22-14(2)23-25)24-10-8-21(9-11-24)28-12-13-29-21/h4-7,17,26H,3,8-13H2,1-2H3. The molecular formula is C21H26N4O4S. The van der Waals surface area contributed by atoms with Gasteiger partial charge in [0.25, 0.3) is 0 Å². The van der Waals surface area contributed by atoms with Crippen LogP contribution in [0.2, 0.25) is 0 Å². The second kappa shape index (κ2) is 7.81. The molecule has 4 heterocycles. The molecule has 8 nitrogen and oxygen atoms in total. The molecule has 1 aromatic carbocycles. The Labute approximate surface area is 179 Å². The predicted molar refractivity (Wildman–Crippen MR) is 112 cm³/mol. The van der Waals surface area contributed by atoms with Gasteiger partial charge >= 0.3 is 0 Å². The van der Waals surface area contributed by atoms with Gasteiger partial charge in [0.15, 0.2) is 5.79 Å². The molecule has 0 saturated carbocycles. The molecular weight excluding hydrogens is 404 g/mol. The summed E-state index contributed by atoms with van der Waals surface area (Å²) in [5, 5.41) is 15.3. The maximum Gasteiger partial charge on any atom is 0.230 e. The molecule has 0 bridgehead atoms. The first-order valence-electron chi connectivity index (χ1n) is 10.4. The molecule has 3 aromatic rings. The van der Waals surface area contributed by atoms with E-state index in [1.54, 1.807) is 0 Å². The number of aryl methyl sites for hydroxylation is 1. The van der Waals surface area contributed by atoms with Crippen molar-refractivity contribution in [1.82, 2.24) is 19.5 Å². The Morgan fingerprint density at radius 2 is 1.90 bits per heavy atom. The molecule has 2 fully saturated rings. The molecule has 0 aliphatic carbocycles. The number of piperidine rings is 1. The SMILES string of the molecule is CCOc1ccc(C(c2sc3nc(C)nn3c2O)N2CCC3(CC2)OCCO3)cc1. The van der Waals surface area contributed by atoms with Crippen LogP contribution in [0.3, 0.4) is 0 Å². The van der Waals surface area contributed by atoms with E-state index >= 15 is 0 Å². The number of benzene rings is 1. The topological polar surface area (TPSA) is 81.4 Å². The van der Waals surface area contributed by atoms with Gasteiger partial charge in [0.05, 0.1) is 30.7 Å². The van der Waals surface area contributed by atoms with Gasteiger partial charge in [-0.05, 0) is 31.5 Å². The van der Waals surface area contributed by atoms with Crippen molar-refractivity contribution in [2.24, 2.45) is 0 Å². The van der Waals surface area contributed by atoms with Crippen LogP contribution in [0.4, 0.5) is 0 Å². The minimum absolute atomic E-state index is 0.103. The number of rotatable bonds is 5. The number of hydrogen-bond acceptors (Lipinski definition) is 8. The van der Waals surface area contributed by atoms with Crippen molar-refractivity contribution in [3.05, 3.63) is 40.5 Å². The van der Waals surface area contributed by atoms with Crippen LogP contribution in [0.25, 0.3) is 4.96 Å². The van der Waals surface area contributed by atoms with Crippen molar-refractivity contribution in [3.63, 3.8) is 0 Å². The molecule has 30 heavy (non-hydrogen) atoms. The summed E-state index contributed by atoms with van der Waals surface area (Å²) in [6, 6.07) is 8.01. The van der Waals surface area contributed by atoms with Gasteiger partial charge in [0, 0.05) is 25.9 Å². The zero-order valence-corrected chi connectivity index (χ0v) is 18.0. The lowest BCUT2D eigenvalue weighted by atomic mass is 9.97. The van der Waals surface area contributed by atoms with Gasteiger partial charge in [0.2, 0.25) is 10.8 Å². The van der Waals surface area contributed by atoms with Crippen LogP contribution in [0.1, 0.15) is 42.1 Å². The van der Waals surface area contributed by atoms with E-state index in [1.807, 2.05) is 26.0 Å². The van der Waals surface area contributed by atoms with Crippen molar-refractivity contribution in [1.29, 1.82) is 0 Å². The summed E-state index contributed by atoms with van der Waals surface area (Å²) < 4.78 is 18.9. The zero-order valence-electron chi connectivity index (χ0n) is 17.2. The molecule has 1 spiro atoms. The number of aromatic nitrogens is 3. The van der Waals surface area contributed by atoms with E-state index in [2.05, 4.69) is 27.1 Å². The summed E-state index contributed by atoms with van der Waals surface area (Å²) >= 11 is 1.48. The second-order valence-corrected chi connectivity index (χ2v) is 8.70. The highest BCUT2D eigenvalue weighted by molar-refractivity contribution is 7.17. The lowest BCUT2D eigenvalue weighted by Gasteiger charge is -2.41. The molecule has 2 saturated heterocycles. The Morgan fingerprint density at radius 3 is 2.53 bits per heavy atom. The van der Waals surface area contributed by atoms with Crippen LogP contribution in [0, 0.1) is 6.92 Å². The van der Waals surface area contributed by atoms with E-state index in [4.69, 9.17) is 14.2 Å². The third-order valence-electron chi connectivity index (χ3n) is 5.80. The largest absolute Gasteiger partial charge is 0.494 e. The third kappa shape index (κ3) is 3.45. The summed E-state index contributed by atoms with van der Waals surface area (Å²) in [6.07, 6.45) is 1.61. The molecule has 5 rings (SSSR count). The van der Waals surface area contributed by atoms with Gasteiger partial charge in [0.1, 0.15) is 11.6 Å². The monoisotopic (exact) mass is 430 g/mol. The van der Waals surface area contributed by atoms with Gasteiger partial charge in [-0.2, -0.15) is 4.52 Å². The fraction of sp³-hybridized carbons (Fsp3) is 0.524. The molecule has 1 unspecified atom stereocenters. The van der Waals surface area contributed by atoms with E-state index < -0.39 is 5.79 Å². The lowest BCUT2D eigenvalue weighted by molar-refractivity contribution is -0.187. The first-order chi connectivity index (χ1) is 14.6. The van der Waals surface area contributed by atoms with Crippen LogP contribution in [0.15, 0.2) is 24.3 Å². The average Bonchev–Trinajstić information content (AvgIpc) is 3.43. The minimum Gasteiger partial charge on any atom is -0.494 e. The van der Waals surface area contributed by atoms with E-state index in [0.29, 0.717) is 30.6 Å². The number of hydrogen-bond donors (Lipinski definition) is 1. The van der Waals surface area contributed by atoms with Gasteiger partial charge in [-0.3, -0.25) is 4.90 Å². The van der Waals surface area contributed by atoms with Gasteiger partial charge in [-0.1, -0.05) is 23.5 Å². The fourth-order valence-electron chi connectivity index (χ4n) is 4.38. The van der Waals surface area contributed by atoms with Crippen molar-refractivity contribution < 1.29 is 19.3 Å². The predicted octanol–water partition coefficient (Wildman–Crippen LogP) is 3.13. The van der Waals surface area contributed by atoms with Crippen LogP contribution >= 0.6 is 11.3 Å². The number of nitrogens with zero attached hydrogens (tertiary/aromatic N) is 4. The molecule has 1 N–H and O–H groups in total. The van der Waals surface area contributed by atoms with Crippen LogP contribution in [-0.2, 0) is 9.47 Å². The fourth-order valence-corrected chi connectivity index (χ4v) is 5.54. The highest BCUT2D eigenvalue weighted by Crippen LogP contribution is 2.43. The molecule has 0 radical (unpaired) electrons. The van der Waals surface area contributed by atoms with E-state index in [9.17, 15) is 5.11 Å². The highest BCUT2D eigenvalue weighted by atomic mass is 32.1. The van der Waals surface area contributed by atoms with Crippen LogP contribution in [-0.4, -0.2) is 63.3 Å². The molecule has 160 valence electrons. The molecule has 2 aromatic heterocycles. The zero-order chi connectivity index (χ0) is 20.7. The lowest BCUT2D eigenvalue weighted by Crippen LogP contribution is -2.46. The quantitative estimate of drug-likeness (QED) is 0.666. The maximum atomic E-state index is 11.0. The average molecular weight is 431 g/mol. The van der Waals surface area contributed by atoms with E-state index in [0.717, 1.165) is 42.1 Å². The van der Waals surface area contributed by atoms with Crippen LogP contribution in [0.5, 0.6) is 11.6 Å². The Balaban J connectivity index is 1.50. The molecule has 9 heteroatoms. The Bertz CT molecular complexity index is 1020. The van der Waals surface area contributed by atoms with Crippen molar-refractivity contribution in [2.45, 2.75) is 38.5 Å². The Kier molecular flexibility index (Phi) is 5.14. The summed E-state index contributed by atoms with van der Waals surface area (Å²) in [5.41, 5.74) is 1.10. The number of fused-ring (bicyclic) bond motifs is 1. The molecule has 2 aliphatic rings. The molecule has 0 amide bonds. The van der Waals surface area contributed by atoms with Crippen LogP contribution < -0.4 is 4.74 Å². The number of ether oxygens (including phenoxy) is 3. The Morgan fingerprint density at radius 1 is 1.20 bits per heavy atom. The minimum atomic E-state index is -0.440. The van der Waals surface area contributed by atoms with Gasteiger partial charge in [-0.15, -0.1) is 5.10 Å². The summed E-state index contributed by atoms with van der Waals surface area (Å²) in [6.45, 7) is 7.38. The first-order valence-corrected chi connectivity index (χ1v) is 11.2. The summed E-state index contributed by atoms with van der Waals surface area (Å²) in [5.74, 6) is 1.21. The summed E-state index contributed by atoms with van der Waals surface area (Å²) in [4.78, 5) is 8.37. The number of thiazole rings is 1.